The molecule has 0 aliphatic rings. The Kier molecular flexibility index (Phi) is 3.86. The third-order valence-corrected chi connectivity index (χ3v) is 3.73. The smallest absolute Gasteiger partial charge is 0.258 e. The lowest BCUT2D eigenvalue weighted by atomic mass is 9.87. The van der Waals surface area contributed by atoms with Gasteiger partial charge in [-0.2, -0.15) is 0 Å². The van der Waals surface area contributed by atoms with Gasteiger partial charge in [-0.3, -0.25) is 10.1 Å². The zero-order valence-corrected chi connectivity index (χ0v) is 10.9. The van der Waals surface area contributed by atoms with Gasteiger partial charge in [0.25, 0.3) is 5.69 Å². The summed E-state index contributed by atoms with van der Waals surface area (Å²) in [5, 5.41) is 10.8. The molecule has 0 aliphatic carbocycles. The summed E-state index contributed by atoms with van der Waals surface area (Å²) < 4.78 is 0. The van der Waals surface area contributed by atoms with Crippen molar-refractivity contribution in [3.63, 3.8) is 0 Å². The predicted octanol–water partition coefficient (Wildman–Crippen LogP) is 3.14. The standard InChI is InChI=1S/C12H16NO2Si/c1-12(2,3)11(16)8-9-6-4-5-7-10(9)13(14)15/h4-7,11H,8H2,1-3H3. The first-order valence-corrected chi connectivity index (χ1v) is 5.83. The van der Waals surface area contributed by atoms with E-state index in [1.54, 1.807) is 12.1 Å². The van der Waals surface area contributed by atoms with Crippen molar-refractivity contribution in [2.75, 3.05) is 0 Å². The molecule has 1 unspecified atom stereocenters. The second kappa shape index (κ2) is 4.78. The number of para-hydroxylation sites is 1. The molecule has 1 rings (SSSR count). The van der Waals surface area contributed by atoms with E-state index in [0.29, 0.717) is 6.42 Å². The first kappa shape index (κ1) is 12.9. The van der Waals surface area contributed by atoms with E-state index < -0.39 is 0 Å². The van der Waals surface area contributed by atoms with Crippen LogP contribution in [0.25, 0.3) is 0 Å². The fourth-order valence-corrected chi connectivity index (χ4v) is 1.61. The fraction of sp³-hybridized carbons (Fsp3) is 0.500. The van der Waals surface area contributed by atoms with Crippen LogP contribution in [-0.4, -0.2) is 15.2 Å². The first-order chi connectivity index (χ1) is 7.32. The molecule has 3 nitrogen and oxygen atoms in total. The van der Waals surface area contributed by atoms with Crippen molar-refractivity contribution in [2.45, 2.75) is 32.7 Å². The van der Waals surface area contributed by atoms with Gasteiger partial charge in [0.2, 0.25) is 0 Å². The molecule has 0 N–H and O–H groups in total. The third-order valence-electron chi connectivity index (χ3n) is 2.66. The van der Waals surface area contributed by atoms with Crippen molar-refractivity contribution >= 4 is 15.9 Å². The molecular weight excluding hydrogens is 218 g/mol. The van der Waals surface area contributed by atoms with E-state index in [0.717, 1.165) is 5.56 Å². The molecule has 0 bridgehead atoms. The SMILES string of the molecule is CC(C)(C)C([Si])Cc1ccccc1[N+](=O)[O-]. The number of nitrogens with zero attached hydrogens (tertiary/aromatic N) is 1. The molecular formula is C12H16NO2Si. The first-order valence-electron chi connectivity index (χ1n) is 5.26. The average molecular weight is 234 g/mol. The number of nitro groups is 1. The molecule has 0 aromatic heterocycles. The molecule has 1 atom stereocenters. The van der Waals surface area contributed by atoms with Crippen LogP contribution < -0.4 is 0 Å². The number of rotatable bonds is 3. The summed E-state index contributed by atoms with van der Waals surface area (Å²) in [7, 11) is 3.65. The van der Waals surface area contributed by atoms with Crippen LogP contribution in [0, 0.1) is 15.5 Å². The molecule has 4 heteroatoms. The van der Waals surface area contributed by atoms with Crippen LogP contribution in [0.5, 0.6) is 0 Å². The Labute approximate surface area is 99.4 Å². The molecule has 85 valence electrons. The molecule has 1 aromatic rings. The van der Waals surface area contributed by atoms with E-state index in [-0.39, 0.29) is 21.6 Å². The van der Waals surface area contributed by atoms with Crippen LogP contribution in [0.15, 0.2) is 24.3 Å². The number of hydrogen-bond acceptors (Lipinski definition) is 2. The quantitative estimate of drug-likeness (QED) is 0.458. The second-order valence-electron chi connectivity index (χ2n) is 5.01. The van der Waals surface area contributed by atoms with E-state index in [1.165, 1.54) is 0 Å². The highest BCUT2D eigenvalue weighted by molar-refractivity contribution is 6.12. The number of nitro benzene ring substituents is 1. The minimum atomic E-state index is -0.322. The summed E-state index contributed by atoms with van der Waals surface area (Å²) in [5.41, 5.74) is 1.28. The van der Waals surface area contributed by atoms with Crippen molar-refractivity contribution in [1.29, 1.82) is 0 Å². The lowest BCUT2D eigenvalue weighted by Gasteiger charge is -2.27. The Hall–Kier alpha value is -1.16. The Bertz CT molecular complexity index is 385. The minimum absolute atomic E-state index is 0.0839. The molecule has 16 heavy (non-hydrogen) atoms. The lowest BCUT2D eigenvalue weighted by molar-refractivity contribution is -0.385. The zero-order chi connectivity index (χ0) is 12.3. The van der Waals surface area contributed by atoms with Gasteiger partial charge in [-0.15, -0.1) is 0 Å². The molecule has 0 amide bonds. The monoisotopic (exact) mass is 234 g/mol. The van der Waals surface area contributed by atoms with E-state index in [1.807, 2.05) is 12.1 Å². The van der Waals surface area contributed by atoms with Crippen LogP contribution in [0.2, 0.25) is 5.54 Å². The summed E-state index contributed by atoms with van der Waals surface area (Å²) in [6.45, 7) is 6.33. The number of hydrogen-bond donors (Lipinski definition) is 0. The molecule has 0 heterocycles. The maximum Gasteiger partial charge on any atom is 0.272 e. The minimum Gasteiger partial charge on any atom is -0.258 e. The predicted molar refractivity (Wildman–Crippen MR) is 65.8 cm³/mol. The maximum atomic E-state index is 10.8. The third kappa shape index (κ3) is 3.17. The Balaban J connectivity index is 2.93. The van der Waals surface area contributed by atoms with Crippen molar-refractivity contribution in [3.05, 3.63) is 39.9 Å². The lowest BCUT2D eigenvalue weighted by Crippen LogP contribution is -2.17. The zero-order valence-electron chi connectivity index (χ0n) is 9.86. The van der Waals surface area contributed by atoms with Gasteiger partial charge in [0.15, 0.2) is 0 Å². The van der Waals surface area contributed by atoms with Gasteiger partial charge in [0.05, 0.1) is 4.92 Å². The van der Waals surface area contributed by atoms with E-state index in [9.17, 15) is 10.1 Å². The van der Waals surface area contributed by atoms with Crippen LogP contribution in [0.4, 0.5) is 5.69 Å². The number of benzene rings is 1. The average Bonchev–Trinajstić information content (AvgIpc) is 2.16. The topological polar surface area (TPSA) is 43.1 Å². The second-order valence-corrected chi connectivity index (χ2v) is 5.71. The molecule has 1 aromatic carbocycles. The van der Waals surface area contributed by atoms with Gasteiger partial charge in [-0.05, 0) is 17.4 Å². The molecule has 0 aliphatic heterocycles. The molecule has 0 saturated heterocycles. The van der Waals surface area contributed by atoms with Crippen LogP contribution in [0.3, 0.4) is 0 Å². The largest absolute Gasteiger partial charge is 0.272 e. The normalized spacial score (nSPS) is 13.5. The Morgan fingerprint density at radius 2 is 1.94 bits per heavy atom. The molecule has 3 radical (unpaired) electrons. The van der Waals surface area contributed by atoms with Crippen molar-refractivity contribution in [2.24, 2.45) is 5.41 Å². The van der Waals surface area contributed by atoms with Gasteiger partial charge in [-0.25, -0.2) is 0 Å². The van der Waals surface area contributed by atoms with Gasteiger partial charge < -0.3 is 0 Å². The van der Waals surface area contributed by atoms with Crippen molar-refractivity contribution in [3.8, 4) is 0 Å². The molecule has 0 saturated carbocycles. The summed E-state index contributed by atoms with van der Waals surface area (Å²) >= 11 is 0. The van der Waals surface area contributed by atoms with E-state index >= 15 is 0 Å². The Morgan fingerprint density at radius 3 is 2.44 bits per heavy atom. The summed E-state index contributed by atoms with van der Waals surface area (Å²) in [6.07, 6.45) is 0.664. The van der Waals surface area contributed by atoms with Crippen molar-refractivity contribution < 1.29 is 4.92 Å². The highest BCUT2D eigenvalue weighted by atomic mass is 28.1. The van der Waals surface area contributed by atoms with E-state index in [2.05, 4.69) is 31.0 Å². The summed E-state index contributed by atoms with van der Waals surface area (Å²) in [5.74, 6) is 0. The fourth-order valence-electron chi connectivity index (χ4n) is 1.39. The van der Waals surface area contributed by atoms with Gasteiger partial charge in [-0.1, -0.05) is 39.0 Å². The van der Waals surface area contributed by atoms with Crippen molar-refractivity contribution in [1.82, 2.24) is 0 Å². The van der Waals surface area contributed by atoms with Crippen LogP contribution in [-0.2, 0) is 6.42 Å². The van der Waals surface area contributed by atoms with Crippen LogP contribution >= 0.6 is 0 Å². The van der Waals surface area contributed by atoms with E-state index in [4.69, 9.17) is 0 Å². The highest BCUT2D eigenvalue weighted by Crippen LogP contribution is 2.33. The molecule has 0 spiro atoms. The van der Waals surface area contributed by atoms with Gasteiger partial charge in [0, 0.05) is 21.9 Å². The summed E-state index contributed by atoms with van der Waals surface area (Å²) in [6, 6.07) is 6.90. The van der Waals surface area contributed by atoms with Gasteiger partial charge in [0.1, 0.15) is 0 Å². The maximum absolute atomic E-state index is 10.8. The highest BCUT2D eigenvalue weighted by Gasteiger charge is 2.23. The Morgan fingerprint density at radius 1 is 1.38 bits per heavy atom. The summed E-state index contributed by atoms with van der Waals surface area (Å²) in [4.78, 5) is 10.5. The van der Waals surface area contributed by atoms with Gasteiger partial charge >= 0.3 is 0 Å². The van der Waals surface area contributed by atoms with Crippen LogP contribution in [0.1, 0.15) is 26.3 Å². The molecule has 0 fully saturated rings.